The Labute approximate surface area is 174 Å². The topological polar surface area (TPSA) is 6.48 Å². The fourth-order valence-corrected chi connectivity index (χ4v) is 3.65. The minimum absolute atomic E-state index is 1.22. The van der Waals surface area contributed by atoms with Crippen LogP contribution in [0.5, 0.6) is 0 Å². The van der Waals surface area contributed by atoms with Crippen LogP contribution in [0.25, 0.3) is 0 Å². The molecule has 0 saturated heterocycles. The Hall–Kier alpha value is -0.0800. The highest BCUT2D eigenvalue weighted by Crippen LogP contribution is 2.10. The Morgan fingerprint density at radius 3 is 1.04 bits per heavy atom. The van der Waals surface area contributed by atoms with Crippen LogP contribution in [0.2, 0.25) is 0 Å². The first-order valence-corrected chi connectivity index (χ1v) is 12.6. The maximum atomic E-state index is 2.54. The quantitative estimate of drug-likeness (QED) is 0.210. The summed E-state index contributed by atoms with van der Waals surface area (Å²) in [5.74, 6) is 0. The molecule has 2 nitrogen and oxygen atoms in total. The monoisotopic (exact) mass is 384 g/mol. The lowest BCUT2D eigenvalue weighted by Gasteiger charge is -2.19. The van der Waals surface area contributed by atoms with Gasteiger partial charge in [-0.25, -0.2) is 0 Å². The second kappa shape index (κ2) is 25.9. The summed E-state index contributed by atoms with van der Waals surface area (Å²) >= 11 is 0. The van der Waals surface area contributed by atoms with E-state index < -0.39 is 0 Å². The van der Waals surface area contributed by atoms with Crippen molar-refractivity contribution in [1.82, 2.24) is 9.80 Å². The van der Waals surface area contributed by atoms with E-state index in [4.69, 9.17) is 0 Å². The third-order valence-electron chi connectivity index (χ3n) is 5.34. The highest BCUT2D eigenvalue weighted by atomic mass is 15.1. The van der Waals surface area contributed by atoms with Crippen molar-refractivity contribution in [3.8, 4) is 0 Å². The molecule has 0 amide bonds. The van der Waals surface area contributed by atoms with E-state index in [1.54, 1.807) is 0 Å². The smallest absolute Gasteiger partial charge is 0.00190 e. The lowest BCUT2D eigenvalue weighted by atomic mass is 10.1. The lowest BCUT2D eigenvalue weighted by Crippen LogP contribution is -2.25. The standard InChI is InChI=1S/C16H35N.C9H21N/c1-4-7-8-9-10-11-12-13-14-15-16-17(5-2)6-3;1-4-7-10(8-5-2)9-6-3/h4-16H2,1-3H3;4-9H2,1-3H3. The summed E-state index contributed by atoms with van der Waals surface area (Å²) in [5, 5.41) is 0. The SMILES string of the molecule is CCCCCCCCCCCCN(CC)CC.CCCN(CCC)CCC. The molecule has 0 aromatic rings. The van der Waals surface area contributed by atoms with Crippen LogP contribution >= 0.6 is 0 Å². The minimum Gasteiger partial charge on any atom is -0.304 e. The van der Waals surface area contributed by atoms with Gasteiger partial charge in [0.1, 0.15) is 0 Å². The zero-order valence-corrected chi connectivity index (χ0v) is 20.3. The van der Waals surface area contributed by atoms with Gasteiger partial charge in [-0.3, -0.25) is 0 Å². The molecule has 0 bridgehead atoms. The molecule has 0 radical (unpaired) electrons. The molecule has 0 atom stereocenters. The van der Waals surface area contributed by atoms with Gasteiger partial charge < -0.3 is 9.80 Å². The van der Waals surface area contributed by atoms with Crippen molar-refractivity contribution in [3.05, 3.63) is 0 Å². The molecular formula is C25H56N2. The van der Waals surface area contributed by atoms with Gasteiger partial charge in [0.2, 0.25) is 0 Å². The first-order chi connectivity index (χ1) is 13.2. The number of rotatable bonds is 19. The van der Waals surface area contributed by atoms with Gasteiger partial charge in [-0.05, 0) is 65.0 Å². The zero-order chi connectivity index (χ0) is 20.6. The van der Waals surface area contributed by atoms with E-state index in [9.17, 15) is 0 Å². The Morgan fingerprint density at radius 1 is 0.333 bits per heavy atom. The highest BCUT2D eigenvalue weighted by molar-refractivity contribution is 4.54. The Bertz CT molecular complexity index is 224. The van der Waals surface area contributed by atoms with E-state index in [2.05, 4.69) is 51.3 Å². The first kappa shape index (κ1) is 29.1. The van der Waals surface area contributed by atoms with Crippen LogP contribution in [0, 0.1) is 0 Å². The van der Waals surface area contributed by atoms with Crippen LogP contribution in [-0.2, 0) is 0 Å². The molecule has 27 heavy (non-hydrogen) atoms. The number of unbranched alkanes of at least 4 members (excludes halogenated alkanes) is 9. The van der Waals surface area contributed by atoms with Crippen LogP contribution in [0.4, 0.5) is 0 Å². The van der Waals surface area contributed by atoms with Gasteiger partial charge in [-0.2, -0.15) is 0 Å². The third kappa shape index (κ3) is 23.9. The Kier molecular flexibility index (Phi) is 28.0. The van der Waals surface area contributed by atoms with Gasteiger partial charge in [-0.15, -0.1) is 0 Å². The van der Waals surface area contributed by atoms with E-state index in [-0.39, 0.29) is 0 Å². The second-order valence-electron chi connectivity index (χ2n) is 8.05. The molecule has 0 fully saturated rings. The highest BCUT2D eigenvalue weighted by Gasteiger charge is 1.99. The van der Waals surface area contributed by atoms with Gasteiger partial charge >= 0.3 is 0 Å². The van der Waals surface area contributed by atoms with E-state index in [1.165, 1.54) is 123 Å². The van der Waals surface area contributed by atoms with Gasteiger partial charge in [0.15, 0.2) is 0 Å². The molecule has 0 aliphatic rings. The molecule has 2 heteroatoms. The Balaban J connectivity index is 0. The summed E-state index contributed by atoms with van der Waals surface area (Å²) in [6, 6.07) is 0. The van der Waals surface area contributed by atoms with Gasteiger partial charge in [0, 0.05) is 0 Å². The van der Waals surface area contributed by atoms with E-state index in [0.717, 1.165) is 0 Å². The van der Waals surface area contributed by atoms with Crippen LogP contribution in [0.15, 0.2) is 0 Å². The molecule has 166 valence electrons. The summed E-state index contributed by atoms with van der Waals surface area (Å²) in [4.78, 5) is 5.07. The van der Waals surface area contributed by atoms with Crippen LogP contribution in [0.1, 0.15) is 125 Å². The minimum atomic E-state index is 1.22. The zero-order valence-electron chi connectivity index (χ0n) is 20.3. The molecule has 0 rings (SSSR count). The van der Waals surface area contributed by atoms with Crippen molar-refractivity contribution in [3.63, 3.8) is 0 Å². The molecule has 0 aliphatic carbocycles. The summed E-state index contributed by atoms with van der Waals surface area (Å²) in [6.45, 7) is 21.1. The Morgan fingerprint density at radius 2 is 0.704 bits per heavy atom. The third-order valence-corrected chi connectivity index (χ3v) is 5.34. The van der Waals surface area contributed by atoms with Crippen molar-refractivity contribution in [2.24, 2.45) is 0 Å². The number of hydrogen-bond acceptors (Lipinski definition) is 2. The molecule has 0 heterocycles. The normalized spacial score (nSPS) is 11.1. The second-order valence-corrected chi connectivity index (χ2v) is 8.05. The molecule has 0 saturated carbocycles. The molecule has 0 N–H and O–H groups in total. The summed E-state index contributed by atoms with van der Waals surface area (Å²) in [7, 11) is 0. The summed E-state index contributed by atoms with van der Waals surface area (Å²) < 4.78 is 0. The summed E-state index contributed by atoms with van der Waals surface area (Å²) in [6.07, 6.45) is 18.3. The van der Waals surface area contributed by atoms with E-state index >= 15 is 0 Å². The molecule has 0 aromatic heterocycles. The first-order valence-electron chi connectivity index (χ1n) is 12.6. The van der Waals surface area contributed by atoms with Crippen molar-refractivity contribution < 1.29 is 0 Å². The van der Waals surface area contributed by atoms with Gasteiger partial charge in [-0.1, -0.05) is 99.3 Å². The van der Waals surface area contributed by atoms with E-state index in [0.29, 0.717) is 0 Å². The fraction of sp³-hybridized carbons (Fsp3) is 1.00. The maximum Gasteiger partial charge on any atom is -0.00190 e. The van der Waals surface area contributed by atoms with Crippen LogP contribution < -0.4 is 0 Å². The van der Waals surface area contributed by atoms with E-state index in [1.807, 2.05) is 0 Å². The molecular weight excluding hydrogens is 328 g/mol. The predicted octanol–water partition coefficient (Wildman–Crippen LogP) is 7.77. The largest absolute Gasteiger partial charge is 0.304 e. The number of nitrogens with zero attached hydrogens (tertiary/aromatic N) is 2. The van der Waals surface area contributed by atoms with Crippen molar-refractivity contribution in [2.75, 3.05) is 39.3 Å². The number of hydrogen-bond donors (Lipinski definition) is 0. The molecule has 0 aliphatic heterocycles. The maximum absolute atomic E-state index is 2.54. The van der Waals surface area contributed by atoms with Crippen LogP contribution in [0.3, 0.4) is 0 Å². The summed E-state index contributed by atoms with van der Waals surface area (Å²) in [5.41, 5.74) is 0. The van der Waals surface area contributed by atoms with Gasteiger partial charge in [0.25, 0.3) is 0 Å². The predicted molar refractivity (Wildman–Crippen MR) is 127 cm³/mol. The van der Waals surface area contributed by atoms with Crippen molar-refractivity contribution in [2.45, 2.75) is 125 Å². The van der Waals surface area contributed by atoms with Gasteiger partial charge in [0.05, 0.1) is 0 Å². The lowest BCUT2D eigenvalue weighted by molar-refractivity contribution is 0.275. The molecule has 0 unspecified atom stereocenters. The van der Waals surface area contributed by atoms with Crippen molar-refractivity contribution in [1.29, 1.82) is 0 Å². The molecule has 0 aromatic carbocycles. The fourth-order valence-electron chi connectivity index (χ4n) is 3.65. The van der Waals surface area contributed by atoms with Crippen LogP contribution in [-0.4, -0.2) is 49.1 Å². The average Bonchev–Trinajstić information content (AvgIpc) is 2.67. The average molecular weight is 385 g/mol. The molecule has 0 spiro atoms. The van der Waals surface area contributed by atoms with Crippen molar-refractivity contribution >= 4 is 0 Å².